The van der Waals surface area contributed by atoms with Crippen LogP contribution in [0, 0.1) is 0 Å². The molecule has 1 aliphatic heterocycles. The smallest absolute Gasteiger partial charge is 0.137 e. The molecule has 7 aromatic carbocycles. The second-order valence-corrected chi connectivity index (χ2v) is 22.1. The molecule has 4 heterocycles. The lowest BCUT2D eigenvalue weighted by Gasteiger charge is -2.29. The van der Waals surface area contributed by atoms with Crippen LogP contribution in [-0.2, 0) is 16.2 Å². The third-order valence-corrected chi connectivity index (χ3v) is 14.6. The highest BCUT2D eigenvalue weighted by Gasteiger charge is 2.30. The van der Waals surface area contributed by atoms with Crippen molar-refractivity contribution in [3.63, 3.8) is 0 Å². The molecule has 6 heteroatoms. The van der Waals surface area contributed by atoms with Gasteiger partial charge in [0.2, 0.25) is 0 Å². The van der Waals surface area contributed by atoms with Gasteiger partial charge in [-0.25, -0.2) is 4.98 Å². The maximum atomic E-state index is 6.85. The van der Waals surface area contributed by atoms with E-state index in [0.29, 0.717) is 6.67 Å². The normalized spacial score (nSPS) is 13.4. The zero-order valence-corrected chi connectivity index (χ0v) is 40.2. The summed E-state index contributed by atoms with van der Waals surface area (Å²) < 4.78 is 11.8. The molecule has 11 rings (SSSR count). The van der Waals surface area contributed by atoms with Crippen molar-refractivity contribution < 1.29 is 4.74 Å². The topological polar surface area (TPSA) is 33.5 Å². The van der Waals surface area contributed by atoms with Crippen LogP contribution in [0.15, 0.2) is 164 Å². The van der Waals surface area contributed by atoms with Crippen LogP contribution in [-0.4, -0.2) is 16.2 Å². The summed E-state index contributed by atoms with van der Waals surface area (Å²) in [5, 5.41) is 4.94. The second-order valence-electron chi connectivity index (χ2n) is 21.0. The maximum absolute atomic E-state index is 6.85. The summed E-state index contributed by atoms with van der Waals surface area (Å²) in [5.74, 6) is 2.44. The van der Waals surface area contributed by atoms with E-state index in [2.05, 4.69) is 234 Å². The van der Waals surface area contributed by atoms with Crippen LogP contribution in [0.2, 0.25) is 0 Å². The van der Waals surface area contributed by atoms with E-state index in [1.54, 1.807) is 0 Å². The van der Waals surface area contributed by atoms with Crippen LogP contribution < -0.4 is 14.5 Å². The van der Waals surface area contributed by atoms with Gasteiger partial charge in [0.15, 0.2) is 0 Å². The second kappa shape index (κ2) is 15.4. The summed E-state index contributed by atoms with van der Waals surface area (Å²) in [6.07, 6.45) is 1.94. The summed E-state index contributed by atoms with van der Waals surface area (Å²) in [6, 6.07) is 57.6. The fraction of sp³-hybridized carbons (Fsp3) is 0.217. The fourth-order valence-corrected chi connectivity index (χ4v) is 10.8. The van der Waals surface area contributed by atoms with Crippen molar-refractivity contribution in [1.29, 1.82) is 0 Å². The van der Waals surface area contributed by atoms with E-state index in [1.165, 1.54) is 70.4 Å². The number of nitrogens with zero attached hydrogens (tertiary/aromatic N) is 4. The molecule has 328 valence electrons. The number of fused-ring (bicyclic) bond motifs is 7. The number of para-hydroxylation sites is 2. The lowest BCUT2D eigenvalue weighted by atomic mass is 9.80. The number of hydrogen-bond acceptors (Lipinski definition) is 5. The molecule has 0 saturated heterocycles. The predicted molar refractivity (Wildman–Crippen MR) is 282 cm³/mol. The first-order valence-electron chi connectivity index (χ1n) is 23.1. The van der Waals surface area contributed by atoms with Gasteiger partial charge in [0.1, 0.15) is 24.0 Å². The quantitative estimate of drug-likeness (QED) is 0.167. The number of anilines is 4. The lowest BCUT2D eigenvalue weighted by molar-refractivity contribution is 0.483. The van der Waals surface area contributed by atoms with E-state index in [0.717, 1.165) is 39.4 Å². The van der Waals surface area contributed by atoms with E-state index in [9.17, 15) is 0 Å². The molecule has 5 nitrogen and oxygen atoms in total. The zero-order chi connectivity index (χ0) is 45.7. The molecule has 0 spiro atoms. The van der Waals surface area contributed by atoms with Crippen molar-refractivity contribution in [3.8, 4) is 28.4 Å². The number of thiophene rings is 1. The maximum Gasteiger partial charge on any atom is 0.137 e. The number of benzene rings is 7. The summed E-state index contributed by atoms with van der Waals surface area (Å²) in [5.41, 5.74) is 13.2. The van der Waals surface area contributed by atoms with Crippen molar-refractivity contribution in [2.75, 3.05) is 16.5 Å². The molecule has 3 aromatic heterocycles. The van der Waals surface area contributed by atoms with Gasteiger partial charge in [0.25, 0.3) is 0 Å². The van der Waals surface area contributed by atoms with Gasteiger partial charge < -0.3 is 14.5 Å². The lowest BCUT2D eigenvalue weighted by Crippen LogP contribution is -2.25. The van der Waals surface area contributed by atoms with E-state index < -0.39 is 0 Å². The highest BCUT2D eigenvalue weighted by atomic mass is 32.1. The highest BCUT2D eigenvalue weighted by Crippen LogP contribution is 2.47. The van der Waals surface area contributed by atoms with Gasteiger partial charge in [-0.2, -0.15) is 0 Å². The van der Waals surface area contributed by atoms with Gasteiger partial charge >= 0.3 is 0 Å². The molecule has 0 bridgehead atoms. The minimum atomic E-state index is -0.0371. The average molecular weight is 881 g/mol. The van der Waals surface area contributed by atoms with E-state index in [4.69, 9.17) is 9.72 Å². The van der Waals surface area contributed by atoms with Crippen LogP contribution in [0.1, 0.15) is 79.0 Å². The van der Waals surface area contributed by atoms with Gasteiger partial charge in [-0.15, -0.1) is 11.3 Å². The Balaban J connectivity index is 0.985. The van der Waals surface area contributed by atoms with Gasteiger partial charge in [0, 0.05) is 60.6 Å². The van der Waals surface area contributed by atoms with Gasteiger partial charge in [0.05, 0.1) is 22.4 Å². The average Bonchev–Trinajstić information content (AvgIpc) is 3.98. The molecule has 1 aliphatic rings. The van der Waals surface area contributed by atoms with Crippen LogP contribution in [0.25, 0.3) is 58.9 Å². The molecular weight excluding hydrogens is 825 g/mol. The molecule has 0 aliphatic carbocycles. The number of rotatable bonds is 6. The first-order chi connectivity index (χ1) is 31.6. The summed E-state index contributed by atoms with van der Waals surface area (Å²) in [7, 11) is 0. The molecule has 10 aromatic rings. The van der Waals surface area contributed by atoms with Gasteiger partial charge in [-0.3, -0.25) is 4.57 Å². The molecule has 0 radical (unpaired) electrons. The highest BCUT2D eigenvalue weighted by molar-refractivity contribution is 7.26. The Hall–Kier alpha value is -6.89. The Morgan fingerprint density at radius 2 is 1.15 bits per heavy atom. The van der Waals surface area contributed by atoms with E-state index in [1.807, 2.05) is 17.5 Å². The molecule has 0 saturated carbocycles. The fourth-order valence-electron chi connectivity index (χ4n) is 9.60. The SMILES string of the molecule is CC(C)(C)c1cc(N2CN(c3cccc(Oc4ccc5c6cc(-c7cccc8c7sc7ccccc78)ccc6n(-c6cc(C(C)(C)C)ccn6)c5c4)c3)c3ccccc32)cc(C(C)(C)C)c1. The van der Waals surface area contributed by atoms with Crippen LogP contribution in [0.5, 0.6) is 11.5 Å². The van der Waals surface area contributed by atoms with E-state index in [-0.39, 0.29) is 16.2 Å². The summed E-state index contributed by atoms with van der Waals surface area (Å²) >= 11 is 1.87. The Morgan fingerprint density at radius 1 is 0.485 bits per heavy atom. The Kier molecular flexibility index (Phi) is 9.72. The van der Waals surface area contributed by atoms with Crippen molar-refractivity contribution >= 4 is 76.1 Å². The number of ether oxygens (including phenoxy) is 1. The predicted octanol–water partition coefficient (Wildman–Crippen LogP) is 17.1. The first-order valence-corrected chi connectivity index (χ1v) is 23.9. The summed E-state index contributed by atoms with van der Waals surface area (Å²) in [6.45, 7) is 21.3. The first kappa shape index (κ1) is 41.8. The van der Waals surface area contributed by atoms with E-state index >= 15 is 0 Å². The monoisotopic (exact) mass is 880 g/mol. The third-order valence-electron chi connectivity index (χ3n) is 13.4. The van der Waals surface area contributed by atoms with Crippen molar-refractivity contribution in [1.82, 2.24) is 9.55 Å². The number of hydrogen-bond donors (Lipinski definition) is 0. The van der Waals surface area contributed by atoms with Crippen molar-refractivity contribution in [3.05, 3.63) is 181 Å². The zero-order valence-electron chi connectivity index (χ0n) is 39.4. The largest absolute Gasteiger partial charge is 0.457 e. The molecule has 0 fully saturated rings. The number of aromatic nitrogens is 2. The molecule has 66 heavy (non-hydrogen) atoms. The summed E-state index contributed by atoms with van der Waals surface area (Å²) in [4.78, 5) is 9.86. The number of pyridine rings is 1. The molecular formula is C60H56N4OS. The molecule has 0 amide bonds. The third kappa shape index (κ3) is 7.28. The molecule has 0 atom stereocenters. The Bertz CT molecular complexity index is 3490. The minimum Gasteiger partial charge on any atom is -0.457 e. The Labute approximate surface area is 392 Å². The molecule has 0 N–H and O–H groups in total. The molecule has 0 unspecified atom stereocenters. The van der Waals surface area contributed by atoms with Gasteiger partial charge in [-0.05, 0) is 123 Å². The Morgan fingerprint density at radius 3 is 1.89 bits per heavy atom. The van der Waals surface area contributed by atoms with Crippen molar-refractivity contribution in [2.45, 2.75) is 78.6 Å². The van der Waals surface area contributed by atoms with Crippen LogP contribution in [0.4, 0.5) is 22.7 Å². The van der Waals surface area contributed by atoms with Gasteiger partial charge in [-0.1, -0.05) is 129 Å². The van der Waals surface area contributed by atoms with Crippen LogP contribution in [0.3, 0.4) is 0 Å². The van der Waals surface area contributed by atoms with Crippen molar-refractivity contribution in [2.24, 2.45) is 0 Å². The standard InChI is InChI=1S/C60H56N4OS/c1-58(2,3)39-28-29-61-56(34-39)64-51-27-24-38(46-19-15-20-49-48-18-10-13-23-55(48)66-57(46)49)30-50(51)47-26-25-45(36-54(47)64)65-44-17-14-16-42(35-44)62-37-63(53-22-12-11-21-52(53)62)43-32-40(59(4,5)6)31-41(33-43)60(7,8)9/h10-36H,37H2,1-9H3. The van der Waals surface area contributed by atoms with Crippen LogP contribution >= 0.6 is 11.3 Å². The minimum absolute atomic E-state index is 0.0170.